The zero-order chi connectivity index (χ0) is 17.0. The number of rotatable bonds is 5. The van der Waals surface area contributed by atoms with Crippen molar-refractivity contribution in [2.45, 2.75) is 33.0 Å². The number of hydrogen-bond donors (Lipinski definition) is 0. The van der Waals surface area contributed by atoms with Crippen molar-refractivity contribution in [3.05, 3.63) is 23.8 Å². The SMILES string of the molecule is COc1cc(C(C)=O)ccc1OCC(=O)N1C[C@@H](C)O[C@@H](C)C1. The number of benzene rings is 1. The molecule has 6 heteroatoms. The highest BCUT2D eigenvalue weighted by Crippen LogP contribution is 2.28. The summed E-state index contributed by atoms with van der Waals surface area (Å²) < 4.78 is 16.4. The van der Waals surface area contributed by atoms with Gasteiger partial charge in [0.25, 0.3) is 5.91 Å². The largest absolute Gasteiger partial charge is 0.493 e. The van der Waals surface area contributed by atoms with E-state index in [0.717, 1.165) is 0 Å². The van der Waals surface area contributed by atoms with Gasteiger partial charge in [0.05, 0.1) is 19.3 Å². The first-order valence-corrected chi connectivity index (χ1v) is 7.65. The number of nitrogens with zero attached hydrogens (tertiary/aromatic N) is 1. The first-order chi connectivity index (χ1) is 10.9. The summed E-state index contributed by atoms with van der Waals surface area (Å²) in [6.45, 7) is 6.43. The minimum Gasteiger partial charge on any atom is -0.493 e. The summed E-state index contributed by atoms with van der Waals surface area (Å²) >= 11 is 0. The maximum absolute atomic E-state index is 12.3. The van der Waals surface area contributed by atoms with Crippen LogP contribution in [-0.2, 0) is 9.53 Å². The number of ketones is 1. The lowest BCUT2D eigenvalue weighted by Gasteiger charge is -2.35. The molecule has 23 heavy (non-hydrogen) atoms. The van der Waals surface area contributed by atoms with Crippen LogP contribution in [0.4, 0.5) is 0 Å². The molecule has 1 saturated heterocycles. The highest BCUT2D eigenvalue weighted by molar-refractivity contribution is 5.94. The Morgan fingerprint density at radius 1 is 1.22 bits per heavy atom. The lowest BCUT2D eigenvalue weighted by atomic mass is 10.1. The number of ether oxygens (including phenoxy) is 3. The second kappa shape index (κ2) is 7.46. The first kappa shape index (κ1) is 17.3. The van der Waals surface area contributed by atoms with Crippen LogP contribution in [0.25, 0.3) is 0 Å². The van der Waals surface area contributed by atoms with E-state index in [-0.39, 0.29) is 30.5 Å². The Hall–Kier alpha value is -2.08. The second-order valence-electron chi connectivity index (χ2n) is 5.77. The van der Waals surface area contributed by atoms with E-state index < -0.39 is 0 Å². The van der Waals surface area contributed by atoms with Crippen LogP contribution in [0.3, 0.4) is 0 Å². The molecule has 6 nitrogen and oxygen atoms in total. The summed E-state index contributed by atoms with van der Waals surface area (Å²) in [5, 5.41) is 0. The van der Waals surface area contributed by atoms with Gasteiger partial charge in [-0.05, 0) is 39.0 Å². The van der Waals surface area contributed by atoms with Crippen molar-refractivity contribution in [1.29, 1.82) is 0 Å². The molecule has 0 bridgehead atoms. The Bertz CT molecular complexity index is 576. The van der Waals surface area contributed by atoms with Crippen molar-refractivity contribution in [2.75, 3.05) is 26.8 Å². The number of methoxy groups -OCH3 is 1. The van der Waals surface area contributed by atoms with Gasteiger partial charge in [-0.1, -0.05) is 0 Å². The number of morpholine rings is 1. The van der Waals surface area contributed by atoms with E-state index in [0.29, 0.717) is 30.2 Å². The summed E-state index contributed by atoms with van der Waals surface area (Å²) in [4.78, 5) is 25.4. The average molecular weight is 321 g/mol. The predicted molar refractivity (Wildman–Crippen MR) is 85.1 cm³/mol. The molecule has 1 aliphatic heterocycles. The summed E-state index contributed by atoms with van der Waals surface area (Å²) in [6, 6.07) is 4.91. The van der Waals surface area contributed by atoms with E-state index >= 15 is 0 Å². The monoisotopic (exact) mass is 321 g/mol. The Morgan fingerprint density at radius 2 is 1.87 bits per heavy atom. The predicted octanol–water partition coefficient (Wildman–Crippen LogP) is 1.91. The van der Waals surface area contributed by atoms with E-state index in [4.69, 9.17) is 14.2 Å². The molecule has 1 heterocycles. The van der Waals surface area contributed by atoms with Crippen LogP contribution in [0.5, 0.6) is 11.5 Å². The molecule has 0 unspecified atom stereocenters. The highest BCUT2D eigenvalue weighted by atomic mass is 16.5. The van der Waals surface area contributed by atoms with Gasteiger partial charge in [0, 0.05) is 18.7 Å². The summed E-state index contributed by atoms with van der Waals surface area (Å²) in [5.41, 5.74) is 0.538. The Kier molecular flexibility index (Phi) is 5.60. The summed E-state index contributed by atoms with van der Waals surface area (Å²) in [7, 11) is 1.50. The van der Waals surface area contributed by atoms with Gasteiger partial charge in [-0.3, -0.25) is 9.59 Å². The van der Waals surface area contributed by atoms with Gasteiger partial charge >= 0.3 is 0 Å². The smallest absolute Gasteiger partial charge is 0.260 e. The molecule has 2 rings (SSSR count). The molecule has 1 aliphatic rings. The molecule has 126 valence electrons. The average Bonchev–Trinajstić information content (AvgIpc) is 2.51. The summed E-state index contributed by atoms with van der Waals surface area (Å²) in [5.74, 6) is 0.737. The first-order valence-electron chi connectivity index (χ1n) is 7.65. The quantitative estimate of drug-likeness (QED) is 0.775. The summed E-state index contributed by atoms with van der Waals surface area (Å²) in [6.07, 6.45) is 0.0409. The number of carbonyl (C=O) groups excluding carboxylic acids is 2. The molecule has 1 amide bonds. The molecular weight excluding hydrogens is 298 g/mol. The highest BCUT2D eigenvalue weighted by Gasteiger charge is 2.26. The van der Waals surface area contributed by atoms with Crippen molar-refractivity contribution in [3.8, 4) is 11.5 Å². The Morgan fingerprint density at radius 3 is 2.43 bits per heavy atom. The minimum atomic E-state index is -0.0929. The maximum atomic E-state index is 12.3. The standard InChI is InChI=1S/C17H23NO5/c1-11-8-18(9-12(2)23-11)17(20)10-22-15-6-5-14(13(3)19)7-16(15)21-4/h5-7,11-12H,8-10H2,1-4H3/t11-,12+. The van der Waals surface area contributed by atoms with Gasteiger partial charge in [-0.2, -0.15) is 0 Å². The van der Waals surface area contributed by atoms with Gasteiger partial charge < -0.3 is 19.1 Å². The van der Waals surface area contributed by atoms with Crippen LogP contribution in [0.15, 0.2) is 18.2 Å². The molecule has 1 aromatic carbocycles. The van der Waals surface area contributed by atoms with Crippen LogP contribution in [0.1, 0.15) is 31.1 Å². The van der Waals surface area contributed by atoms with Gasteiger partial charge in [0.2, 0.25) is 0 Å². The maximum Gasteiger partial charge on any atom is 0.260 e. The number of Topliss-reactive ketones (excluding diaryl/α,β-unsaturated/α-hetero) is 1. The molecule has 2 atom stereocenters. The van der Waals surface area contributed by atoms with E-state index in [1.807, 2.05) is 13.8 Å². The fourth-order valence-electron chi connectivity index (χ4n) is 2.62. The molecule has 1 fully saturated rings. The van der Waals surface area contributed by atoms with E-state index in [9.17, 15) is 9.59 Å². The number of amides is 1. The Labute approximate surface area is 136 Å². The molecule has 0 N–H and O–H groups in total. The number of carbonyl (C=O) groups is 2. The number of hydrogen-bond acceptors (Lipinski definition) is 5. The van der Waals surface area contributed by atoms with Crippen molar-refractivity contribution >= 4 is 11.7 Å². The normalized spacial score (nSPS) is 21.0. The Balaban J connectivity index is 2.00. The van der Waals surface area contributed by atoms with E-state index in [1.54, 1.807) is 23.1 Å². The van der Waals surface area contributed by atoms with Crippen molar-refractivity contribution in [1.82, 2.24) is 4.90 Å². The lowest BCUT2D eigenvalue weighted by Crippen LogP contribution is -2.49. The van der Waals surface area contributed by atoms with E-state index in [2.05, 4.69) is 0 Å². The third-order valence-electron chi connectivity index (χ3n) is 3.69. The minimum absolute atomic E-state index is 0.0205. The molecule has 1 aromatic rings. The second-order valence-corrected chi connectivity index (χ2v) is 5.77. The fourth-order valence-corrected chi connectivity index (χ4v) is 2.62. The fraction of sp³-hybridized carbons (Fsp3) is 0.529. The molecule has 0 aliphatic carbocycles. The van der Waals surface area contributed by atoms with Crippen LogP contribution in [0.2, 0.25) is 0 Å². The zero-order valence-electron chi connectivity index (χ0n) is 14.0. The van der Waals surface area contributed by atoms with Crippen molar-refractivity contribution in [3.63, 3.8) is 0 Å². The van der Waals surface area contributed by atoms with Crippen LogP contribution < -0.4 is 9.47 Å². The molecule has 0 saturated carbocycles. The van der Waals surface area contributed by atoms with Gasteiger partial charge in [-0.15, -0.1) is 0 Å². The van der Waals surface area contributed by atoms with Crippen LogP contribution in [0, 0.1) is 0 Å². The van der Waals surface area contributed by atoms with Crippen LogP contribution in [-0.4, -0.2) is 55.6 Å². The van der Waals surface area contributed by atoms with Crippen LogP contribution >= 0.6 is 0 Å². The topological polar surface area (TPSA) is 65.1 Å². The molecular formula is C17H23NO5. The van der Waals surface area contributed by atoms with Gasteiger partial charge in [-0.25, -0.2) is 0 Å². The van der Waals surface area contributed by atoms with Crippen molar-refractivity contribution < 1.29 is 23.8 Å². The van der Waals surface area contributed by atoms with Crippen molar-refractivity contribution in [2.24, 2.45) is 0 Å². The molecule has 0 aromatic heterocycles. The van der Waals surface area contributed by atoms with Gasteiger partial charge in [0.1, 0.15) is 0 Å². The molecule has 0 spiro atoms. The van der Waals surface area contributed by atoms with Gasteiger partial charge in [0.15, 0.2) is 23.9 Å². The molecule has 0 radical (unpaired) electrons. The van der Waals surface area contributed by atoms with E-state index in [1.165, 1.54) is 14.0 Å². The third kappa shape index (κ3) is 4.45. The zero-order valence-corrected chi connectivity index (χ0v) is 14.0. The lowest BCUT2D eigenvalue weighted by molar-refractivity contribution is -0.145. The third-order valence-corrected chi connectivity index (χ3v) is 3.69.